The number of fused-ring (bicyclic) bond motifs is 1. The summed E-state index contributed by atoms with van der Waals surface area (Å²) < 4.78 is 10.7. The molecular formula is C16H19N3O3S. The average Bonchev–Trinajstić information content (AvgIpc) is 3.14. The minimum Gasteiger partial charge on any atom is -0.454 e. The van der Waals surface area contributed by atoms with Crippen LogP contribution in [0.15, 0.2) is 23.6 Å². The van der Waals surface area contributed by atoms with Crippen LogP contribution < -0.4 is 20.5 Å². The van der Waals surface area contributed by atoms with E-state index in [1.165, 1.54) is 11.3 Å². The minimum absolute atomic E-state index is 0.203. The van der Waals surface area contributed by atoms with E-state index in [4.69, 9.17) is 15.2 Å². The zero-order valence-electron chi connectivity index (χ0n) is 13.0. The van der Waals surface area contributed by atoms with E-state index in [9.17, 15) is 4.79 Å². The van der Waals surface area contributed by atoms with Gasteiger partial charge in [-0.05, 0) is 30.5 Å². The molecule has 0 saturated heterocycles. The van der Waals surface area contributed by atoms with Crippen LogP contribution in [0.25, 0.3) is 11.3 Å². The third kappa shape index (κ3) is 3.62. The van der Waals surface area contributed by atoms with Crippen molar-refractivity contribution in [2.45, 2.75) is 26.3 Å². The van der Waals surface area contributed by atoms with Gasteiger partial charge in [0.2, 0.25) is 12.7 Å². The highest BCUT2D eigenvalue weighted by Gasteiger charge is 2.18. The number of aromatic nitrogens is 1. The van der Waals surface area contributed by atoms with Gasteiger partial charge in [-0.15, -0.1) is 11.3 Å². The molecule has 0 aliphatic carbocycles. The van der Waals surface area contributed by atoms with Crippen LogP contribution in [0.3, 0.4) is 0 Å². The number of rotatable bonds is 5. The molecule has 122 valence electrons. The van der Waals surface area contributed by atoms with E-state index in [2.05, 4.69) is 10.3 Å². The van der Waals surface area contributed by atoms with E-state index in [-0.39, 0.29) is 12.7 Å². The summed E-state index contributed by atoms with van der Waals surface area (Å²) in [6.07, 6.45) is 0.645. The Labute approximate surface area is 138 Å². The van der Waals surface area contributed by atoms with Crippen LogP contribution in [0.2, 0.25) is 0 Å². The van der Waals surface area contributed by atoms with Gasteiger partial charge in [0.1, 0.15) is 0 Å². The molecule has 0 bridgehead atoms. The number of hydrogen-bond acceptors (Lipinski definition) is 6. The standard InChI is InChI=1S/C16H19N3O3S/c1-9(2)5-11(17)15(20)19-16-18-12(7-23-16)10-3-4-13-14(6-10)22-8-21-13/h3-4,6-7,9,11H,5,8,17H2,1-2H3,(H,18,19,20)/t11-/m0/s1. The van der Waals surface area contributed by atoms with Crippen LogP contribution in [0.5, 0.6) is 11.5 Å². The fraction of sp³-hybridized carbons (Fsp3) is 0.375. The van der Waals surface area contributed by atoms with Gasteiger partial charge in [0, 0.05) is 10.9 Å². The van der Waals surface area contributed by atoms with Crippen LogP contribution in [0.4, 0.5) is 5.13 Å². The summed E-state index contributed by atoms with van der Waals surface area (Å²) in [7, 11) is 0. The van der Waals surface area contributed by atoms with Crippen molar-refractivity contribution in [2.24, 2.45) is 11.7 Å². The van der Waals surface area contributed by atoms with Crippen molar-refractivity contribution in [3.05, 3.63) is 23.6 Å². The second kappa shape index (κ2) is 6.55. The van der Waals surface area contributed by atoms with Crippen molar-refractivity contribution in [3.8, 4) is 22.8 Å². The summed E-state index contributed by atoms with van der Waals surface area (Å²) in [4.78, 5) is 16.5. The number of amides is 1. The Bertz CT molecular complexity index is 714. The first kappa shape index (κ1) is 15.8. The van der Waals surface area contributed by atoms with Crippen molar-refractivity contribution >= 4 is 22.4 Å². The van der Waals surface area contributed by atoms with E-state index in [1.807, 2.05) is 37.4 Å². The molecule has 0 unspecified atom stereocenters. The summed E-state index contributed by atoms with van der Waals surface area (Å²) in [5.74, 6) is 1.61. The zero-order valence-corrected chi connectivity index (χ0v) is 13.9. The summed E-state index contributed by atoms with van der Waals surface area (Å²) in [5.41, 5.74) is 7.57. The minimum atomic E-state index is -0.520. The number of thiazole rings is 1. The molecule has 1 aromatic heterocycles. The highest BCUT2D eigenvalue weighted by molar-refractivity contribution is 7.14. The summed E-state index contributed by atoms with van der Waals surface area (Å²) in [6.45, 7) is 4.31. The Balaban J connectivity index is 1.70. The average molecular weight is 333 g/mol. The van der Waals surface area contributed by atoms with Gasteiger partial charge in [-0.2, -0.15) is 0 Å². The molecule has 1 amide bonds. The lowest BCUT2D eigenvalue weighted by Crippen LogP contribution is -2.36. The van der Waals surface area contributed by atoms with Gasteiger partial charge in [-0.3, -0.25) is 4.79 Å². The van der Waals surface area contributed by atoms with E-state index in [0.717, 1.165) is 17.0 Å². The molecule has 2 heterocycles. The fourth-order valence-corrected chi connectivity index (χ4v) is 3.06. The molecule has 1 aliphatic rings. The van der Waals surface area contributed by atoms with E-state index in [0.29, 0.717) is 23.2 Å². The van der Waals surface area contributed by atoms with Gasteiger partial charge in [-0.25, -0.2) is 4.98 Å². The largest absolute Gasteiger partial charge is 0.454 e. The molecule has 0 radical (unpaired) electrons. The Morgan fingerprint density at radius 3 is 2.96 bits per heavy atom. The molecule has 1 atom stereocenters. The van der Waals surface area contributed by atoms with Crippen molar-refractivity contribution in [1.82, 2.24) is 4.98 Å². The Morgan fingerprint density at radius 2 is 2.17 bits per heavy atom. The quantitative estimate of drug-likeness (QED) is 0.878. The van der Waals surface area contributed by atoms with E-state index < -0.39 is 6.04 Å². The van der Waals surface area contributed by atoms with Crippen LogP contribution in [-0.4, -0.2) is 23.7 Å². The third-order valence-corrected chi connectivity index (χ3v) is 4.22. The number of carbonyl (C=O) groups excluding carboxylic acids is 1. The lowest BCUT2D eigenvalue weighted by atomic mass is 10.0. The molecule has 0 spiro atoms. The van der Waals surface area contributed by atoms with Crippen molar-refractivity contribution in [1.29, 1.82) is 0 Å². The molecule has 6 nitrogen and oxygen atoms in total. The molecule has 1 aliphatic heterocycles. The lowest BCUT2D eigenvalue weighted by Gasteiger charge is -2.12. The number of nitrogens with zero attached hydrogens (tertiary/aromatic N) is 1. The SMILES string of the molecule is CC(C)C[C@H](N)C(=O)Nc1nc(-c2ccc3c(c2)OCO3)cs1. The van der Waals surface area contributed by atoms with Crippen molar-refractivity contribution in [2.75, 3.05) is 12.1 Å². The molecule has 0 fully saturated rings. The summed E-state index contributed by atoms with van der Waals surface area (Å²) >= 11 is 1.37. The number of carbonyl (C=O) groups is 1. The molecule has 23 heavy (non-hydrogen) atoms. The molecular weight excluding hydrogens is 314 g/mol. The Hall–Kier alpha value is -2.12. The van der Waals surface area contributed by atoms with Crippen LogP contribution in [0, 0.1) is 5.92 Å². The number of hydrogen-bond donors (Lipinski definition) is 2. The van der Waals surface area contributed by atoms with E-state index in [1.54, 1.807) is 0 Å². The second-order valence-electron chi connectivity index (χ2n) is 5.83. The first-order chi connectivity index (χ1) is 11.0. The maximum atomic E-state index is 12.0. The van der Waals surface area contributed by atoms with E-state index >= 15 is 0 Å². The normalized spacial score (nSPS) is 14.1. The number of anilines is 1. The molecule has 2 aromatic rings. The number of nitrogens with one attached hydrogen (secondary N) is 1. The van der Waals surface area contributed by atoms with Gasteiger partial charge in [-0.1, -0.05) is 13.8 Å². The number of benzene rings is 1. The van der Waals surface area contributed by atoms with Gasteiger partial charge < -0.3 is 20.5 Å². The van der Waals surface area contributed by atoms with Crippen molar-refractivity contribution < 1.29 is 14.3 Å². The van der Waals surface area contributed by atoms with Crippen LogP contribution in [0.1, 0.15) is 20.3 Å². The smallest absolute Gasteiger partial charge is 0.243 e. The first-order valence-corrected chi connectivity index (χ1v) is 8.33. The molecule has 3 N–H and O–H groups in total. The van der Waals surface area contributed by atoms with Crippen LogP contribution in [-0.2, 0) is 4.79 Å². The molecule has 7 heteroatoms. The Morgan fingerprint density at radius 1 is 1.39 bits per heavy atom. The van der Waals surface area contributed by atoms with Crippen molar-refractivity contribution in [3.63, 3.8) is 0 Å². The molecule has 1 aromatic carbocycles. The summed E-state index contributed by atoms with van der Waals surface area (Å²) in [6, 6.07) is 5.13. The van der Waals surface area contributed by atoms with Crippen LogP contribution >= 0.6 is 11.3 Å². The lowest BCUT2D eigenvalue weighted by molar-refractivity contribution is -0.117. The predicted octanol–water partition coefficient (Wildman–Crippen LogP) is 2.85. The topological polar surface area (TPSA) is 86.5 Å². The third-order valence-electron chi connectivity index (χ3n) is 3.46. The van der Waals surface area contributed by atoms with Gasteiger partial charge in [0.05, 0.1) is 11.7 Å². The zero-order chi connectivity index (χ0) is 16.4. The first-order valence-electron chi connectivity index (χ1n) is 7.45. The predicted molar refractivity (Wildman–Crippen MR) is 89.7 cm³/mol. The maximum Gasteiger partial charge on any atom is 0.243 e. The molecule has 3 rings (SSSR count). The molecule has 0 saturated carbocycles. The van der Waals surface area contributed by atoms with Gasteiger partial charge >= 0.3 is 0 Å². The maximum absolute atomic E-state index is 12.0. The highest BCUT2D eigenvalue weighted by Crippen LogP contribution is 2.36. The fourth-order valence-electron chi connectivity index (χ4n) is 2.33. The summed E-state index contributed by atoms with van der Waals surface area (Å²) in [5, 5.41) is 5.21. The monoisotopic (exact) mass is 333 g/mol. The number of ether oxygens (including phenoxy) is 2. The highest BCUT2D eigenvalue weighted by atomic mass is 32.1. The second-order valence-corrected chi connectivity index (χ2v) is 6.69. The van der Waals surface area contributed by atoms with Gasteiger partial charge in [0.15, 0.2) is 16.6 Å². The number of nitrogens with two attached hydrogens (primary N) is 1. The Kier molecular flexibility index (Phi) is 4.49. The van der Waals surface area contributed by atoms with Gasteiger partial charge in [0.25, 0.3) is 0 Å².